The van der Waals surface area contributed by atoms with Crippen molar-refractivity contribution >= 4 is 0 Å². The molecule has 0 aromatic heterocycles. The van der Waals surface area contributed by atoms with Crippen LogP contribution in [-0.4, -0.2) is 6.61 Å². The van der Waals surface area contributed by atoms with Crippen molar-refractivity contribution in [2.75, 3.05) is 6.61 Å². The lowest BCUT2D eigenvalue weighted by atomic mass is 10.0. The third-order valence-corrected chi connectivity index (χ3v) is 6.13. The molecule has 0 heterocycles. The molecule has 0 spiro atoms. The first kappa shape index (κ1) is 27.9. The zero-order valence-corrected chi connectivity index (χ0v) is 21.8. The highest BCUT2D eigenvalue weighted by atomic mass is 16.5. The van der Waals surface area contributed by atoms with Crippen molar-refractivity contribution in [3.8, 4) is 0 Å². The molecule has 3 aromatic carbocycles. The minimum Gasteiger partial charge on any atom is -0.369 e. The van der Waals surface area contributed by atoms with Crippen LogP contribution in [0.15, 0.2) is 84.9 Å². The molecule has 4 rings (SSSR count). The maximum Gasteiger partial charge on any atom is 0.108 e. The minimum atomic E-state index is 0.0531. The van der Waals surface area contributed by atoms with Crippen LogP contribution in [-0.2, 0) is 11.2 Å². The summed E-state index contributed by atoms with van der Waals surface area (Å²) in [7, 11) is 0. The molecule has 0 bridgehead atoms. The third kappa shape index (κ3) is 11.7. The highest BCUT2D eigenvalue weighted by Gasteiger charge is 2.13. The number of benzene rings is 3. The summed E-state index contributed by atoms with van der Waals surface area (Å²) in [4.78, 5) is 0. The fourth-order valence-electron chi connectivity index (χ4n) is 4.07. The molecule has 184 valence electrons. The van der Waals surface area contributed by atoms with Gasteiger partial charge < -0.3 is 4.74 Å². The Bertz CT molecular complexity index is 784. The maximum atomic E-state index is 5.96. The first-order chi connectivity index (χ1) is 16.7. The van der Waals surface area contributed by atoms with Gasteiger partial charge in [-0.05, 0) is 42.9 Å². The van der Waals surface area contributed by atoms with Gasteiger partial charge >= 0.3 is 0 Å². The Kier molecular flexibility index (Phi) is 14.8. The van der Waals surface area contributed by atoms with E-state index in [9.17, 15) is 0 Å². The van der Waals surface area contributed by atoms with Gasteiger partial charge in [-0.25, -0.2) is 0 Å². The Balaban J connectivity index is 0.000000204. The Morgan fingerprint density at radius 3 is 1.50 bits per heavy atom. The van der Waals surface area contributed by atoms with Gasteiger partial charge in [-0.1, -0.05) is 149 Å². The van der Waals surface area contributed by atoms with Crippen molar-refractivity contribution in [2.24, 2.45) is 0 Å². The Hall–Kier alpha value is -2.38. The van der Waals surface area contributed by atoms with Crippen LogP contribution in [0.2, 0.25) is 0 Å². The van der Waals surface area contributed by atoms with Gasteiger partial charge in [-0.15, -0.1) is 0 Å². The number of aryl methyl sites for hydroxylation is 2. The number of hydrogen-bond acceptors (Lipinski definition) is 1. The van der Waals surface area contributed by atoms with Crippen LogP contribution in [0.1, 0.15) is 100.0 Å². The molecule has 0 unspecified atom stereocenters. The van der Waals surface area contributed by atoms with Crippen LogP contribution in [0.25, 0.3) is 0 Å². The zero-order chi connectivity index (χ0) is 24.3. The highest BCUT2D eigenvalue weighted by Crippen LogP contribution is 2.25. The normalized spacial score (nSPS) is 12.8. The molecular formula is C33H46O. The molecule has 0 aliphatic heterocycles. The van der Waals surface area contributed by atoms with Gasteiger partial charge in [0.1, 0.15) is 6.10 Å². The molecule has 0 N–H and O–H groups in total. The third-order valence-electron chi connectivity index (χ3n) is 6.13. The van der Waals surface area contributed by atoms with E-state index < -0.39 is 0 Å². The predicted octanol–water partition coefficient (Wildman–Crippen LogP) is 9.88. The van der Waals surface area contributed by atoms with Crippen molar-refractivity contribution < 1.29 is 4.74 Å². The van der Waals surface area contributed by atoms with Crippen LogP contribution in [0.4, 0.5) is 0 Å². The van der Waals surface area contributed by atoms with Crippen LogP contribution < -0.4 is 0 Å². The van der Waals surface area contributed by atoms with E-state index in [1.807, 2.05) is 12.1 Å². The van der Waals surface area contributed by atoms with E-state index in [0.717, 1.165) is 13.0 Å². The summed E-state index contributed by atoms with van der Waals surface area (Å²) in [5.74, 6) is 0. The lowest BCUT2D eigenvalue weighted by Crippen LogP contribution is -2.06. The first-order valence-corrected chi connectivity index (χ1v) is 13.5. The second-order valence-electron chi connectivity index (χ2n) is 9.28. The molecule has 0 saturated heterocycles. The molecule has 0 amide bonds. The summed E-state index contributed by atoms with van der Waals surface area (Å²) in [6, 6.07) is 29.6. The molecule has 1 fully saturated rings. The van der Waals surface area contributed by atoms with E-state index in [4.69, 9.17) is 4.74 Å². The van der Waals surface area contributed by atoms with Crippen LogP contribution in [0.5, 0.6) is 0 Å². The Labute approximate surface area is 209 Å². The van der Waals surface area contributed by atoms with E-state index in [1.54, 1.807) is 0 Å². The molecular weight excluding hydrogens is 412 g/mol. The molecule has 0 radical (unpaired) electrons. The fraction of sp³-hybridized carbons (Fsp3) is 0.455. The van der Waals surface area contributed by atoms with Crippen molar-refractivity contribution in [2.45, 2.75) is 91.1 Å². The molecule has 1 nitrogen and oxygen atoms in total. The van der Waals surface area contributed by atoms with E-state index in [-0.39, 0.29) is 6.10 Å². The van der Waals surface area contributed by atoms with Gasteiger partial charge in [0.05, 0.1) is 0 Å². The van der Waals surface area contributed by atoms with Gasteiger partial charge in [0, 0.05) is 6.61 Å². The van der Waals surface area contributed by atoms with Gasteiger partial charge in [-0.2, -0.15) is 0 Å². The SMILES string of the molecule is C1CCCCC1.CCCCc1ccc(C)cc1.CCCOC(c1ccccc1)c1ccccc1. The topological polar surface area (TPSA) is 9.23 Å². The van der Waals surface area contributed by atoms with Crippen LogP contribution >= 0.6 is 0 Å². The molecule has 3 aromatic rings. The van der Waals surface area contributed by atoms with E-state index >= 15 is 0 Å². The molecule has 34 heavy (non-hydrogen) atoms. The standard InChI is InChI=1S/C16H18O.C11H16.C6H12/c1-2-13-17-16(14-9-5-3-6-10-14)15-11-7-4-8-12-15;1-3-4-5-11-8-6-10(2)7-9-11;1-2-4-6-5-3-1/h3-12,16H,2,13H2,1H3;6-9H,3-5H2,1-2H3;1-6H2. The number of unbranched alkanes of at least 4 members (excludes halogenated alkanes) is 1. The molecule has 1 saturated carbocycles. The van der Waals surface area contributed by atoms with E-state index in [2.05, 4.69) is 93.6 Å². The highest BCUT2D eigenvalue weighted by molar-refractivity contribution is 5.29. The largest absolute Gasteiger partial charge is 0.369 e. The Morgan fingerprint density at radius 2 is 1.09 bits per heavy atom. The lowest BCUT2D eigenvalue weighted by molar-refractivity contribution is 0.0806. The van der Waals surface area contributed by atoms with E-state index in [1.165, 1.54) is 80.0 Å². The van der Waals surface area contributed by atoms with Gasteiger partial charge in [0.15, 0.2) is 0 Å². The smallest absolute Gasteiger partial charge is 0.108 e. The monoisotopic (exact) mass is 458 g/mol. The van der Waals surface area contributed by atoms with Crippen molar-refractivity contribution in [3.05, 3.63) is 107 Å². The maximum absolute atomic E-state index is 5.96. The second-order valence-corrected chi connectivity index (χ2v) is 9.28. The summed E-state index contributed by atoms with van der Waals surface area (Å²) < 4.78 is 5.96. The number of hydrogen-bond donors (Lipinski definition) is 0. The van der Waals surface area contributed by atoms with E-state index in [0.29, 0.717) is 0 Å². The average Bonchev–Trinajstić information content (AvgIpc) is 2.92. The minimum absolute atomic E-state index is 0.0531. The summed E-state index contributed by atoms with van der Waals surface area (Å²) in [5, 5.41) is 0. The Morgan fingerprint density at radius 1 is 0.618 bits per heavy atom. The summed E-state index contributed by atoms with van der Waals surface area (Å²) in [6.45, 7) is 7.28. The molecule has 1 heteroatoms. The van der Waals surface area contributed by atoms with Gasteiger partial charge in [0.25, 0.3) is 0 Å². The van der Waals surface area contributed by atoms with Crippen LogP contribution in [0, 0.1) is 6.92 Å². The van der Waals surface area contributed by atoms with Gasteiger partial charge in [-0.3, -0.25) is 0 Å². The second kappa shape index (κ2) is 18.0. The quantitative estimate of drug-likeness (QED) is 0.326. The molecule has 1 aliphatic rings. The molecule has 0 atom stereocenters. The van der Waals surface area contributed by atoms with Gasteiger partial charge in [0.2, 0.25) is 0 Å². The summed E-state index contributed by atoms with van der Waals surface area (Å²) in [6.07, 6.45) is 13.9. The lowest BCUT2D eigenvalue weighted by Gasteiger charge is -2.18. The van der Waals surface area contributed by atoms with Crippen molar-refractivity contribution in [3.63, 3.8) is 0 Å². The summed E-state index contributed by atoms with van der Waals surface area (Å²) >= 11 is 0. The fourth-order valence-corrected chi connectivity index (χ4v) is 4.07. The number of rotatable bonds is 8. The molecule has 1 aliphatic carbocycles. The average molecular weight is 459 g/mol. The van der Waals surface area contributed by atoms with Crippen molar-refractivity contribution in [1.29, 1.82) is 0 Å². The van der Waals surface area contributed by atoms with Crippen molar-refractivity contribution in [1.82, 2.24) is 0 Å². The van der Waals surface area contributed by atoms with Crippen LogP contribution in [0.3, 0.4) is 0 Å². The number of ether oxygens (including phenoxy) is 1. The predicted molar refractivity (Wildman–Crippen MR) is 148 cm³/mol. The first-order valence-electron chi connectivity index (χ1n) is 13.5. The zero-order valence-electron chi connectivity index (χ0n) is 21.8. The summed E-state index contributed by atoms with van der Waals surface area (Å²) in [5.41, 5.74) is 5.25.